The van der Waals surface area contributed by atoms with Gasteiger partial charge in [0.05, 0.1) is 30.3 Å². The second kappa shape index (κ2) is 12.5. The smallest absolute Gasteiger partial charge is 0.322 e. The molecule has 2 aromatic carbocycles. The highest BCUT2D eigenvalue weighted by atomic mass is 19.1. The van der Waals surface area contributed by atoms with Crippen LogP contribution in [0.1, 0.15) is 19.2 Å². The molecule has 10 nitrogen and oxygen atoms in total. The van der Waals surface area contributed by atoms with Gasteiger partial charge in [-0.05, 0) is 69.5 Å². The molecule has 1 aliphatic heterocycles. The van der Waals surface area contributed by atoms with Crippen molar-refractivity contribution in [3.05, 3.63) is 78.5 Å². The molecule has 0 saturated carbocycles. The van der Waals surface area contributed by atoms with Crippen LogP contribution in [0, 0.1) is 11.7 Å². The molecule has 11 heteroatoms. The van der Waals surface area contributed by atoms with Crippen molar-refractivity contribution in [2.45, 2.75) is 19.1 Å². The zero-order valence-electron chi connectivity index (χ0n) is 23.3. The highest BCUT2D eigenvalue weighted by Crippen LogP contribution is 2.37. The summed E-state index contributed by atoms with van der Waals surface area (Å²) in [6.45, 7) is 3.83. The van der Waals surface area contributed by atoms with Crippen LogP contribution in [0.15, 0.2) is 66.9 Å². The molecule has 1 amide bonds. The van der Waals surface area contributed by atoms with Crippen molar-refractivity contribution in [1.82, 2.24) is 30.2 Å². The van der Waals surface area contributed by atoms with E-state index < -0.39 is 11.7 Å². The maximum absolute atomic E-state index is 13.8. The standard InChI is InChI=1S/C30H33FN6O4/c1-20-18-39-30(40-19-20,28(38)32-15-7-17-37(2)3)27-35-25(21-10-12-22(31)13-11-21)26(36-27)24-14-16-33-29(34-24)41-23-8-5-4-6-9-23/h4-6,8-14,16,20H,7,15,17-19H2,1-3H3,(H,32,38)(H,35,36). The van der Waals surface area contributed by atoms with Gasteiger partial charge in [0.2, 0.25) is 0 Å². The number of benzene rings is 2. The highest BCUT2D eigenvalue weighted by Gasteiger charge is 2.49. The average molecular weight is 561 g/mol. The van der Waals surface area contributed by atoms with Gasteiger partial charge < -0.3 is 29.4 Å². The number of aromatic nitrogens is 4. The van der Waals surface area contributed by atoms with E-state index in [9.17, 15) is 9.18 Å². The average Bonchev–Trinajstić information content (AvgIpc) is 3.43. The largest absolute Gasteiger partial charge is 0.424 e. The Balaban J connectivity index is 1.55. The number of aromatic amines is 1. The van der Waals surface area contributed by atoms with Crippen molar-refractivity contribution in [2.24, 2.45) is 5.92 Å². The lowest BCUT2D eigenvalue weighted by Gasteiger charge is -2.36. The van der Waals surface area contributed by atoms with Gasteiger partial charge in [0.15, 0.2) is 5.82 Å². The Morgan fingerprint density at radius 3 is 2.54 bits per heavy atom. The Hall–Kier alpha value is -4.19. The molecule has 41 heavy (non-hydrogen) atoms. The Morgan fingerprint density at radius 1 is 1.10 bits per heavy atom. The van der Waals surface area contributed by atoms with Crippen molar-refractivity contribution >= 4 is 5.91 Å². The molecule has 0 unspecified atom stereocenters. The van der Waals surface area contributed by atoms with Crippen LogP contribution in [-0.4, -0.2) is 71.1 Å². The number of nitrogens with one attached hydrogen (secondary N) is 2. The molecule has 1 saturated heterocycles. The number of nitrogens with zero attached hydrogens (tertiary/aromatic N) is 4. The summed E-state index contributed by atoms with van der Waals surface area (Å²) in [7, 11) is 3.95. The monoisotopic (exact) mass is 560 g/mol. The lowest BCUT2D eigenvalue weighted by atomic mass is 10.1. The van der Waals surface area contributed by atoms with Crippen LogP contribution in [0.3, 0.4) is 0 Å². The third-order valence-corrected chi connectivity index (χ3v) is 6.48. The van der Waals surface area contributed by atoms with Gasteiger partial charge in [-0.25, -0.2) is 14.4 Å². The van der Waals surface area contributed by atoms with E-state index in [-0.39, 0.29) is 23.6 Å². The molecule has 3 heterocycles. The highest BCUT2D eigenvalue weighted by molar-refractivity contribution is 5.86. The minimum atomic E-state index is -1.80. The van der Waals surface area contributed by atoms with Gasteiger partial charge in [-0.1, -0.05) is 25.1 Å². The van der Waals surface area contributed by atoms with Gasteiger partial charge in [0.25, 0.3) is 5.91 Å². The summed E-state index contributed by atoms with van der Waals surface area (Å²) in [5, 5.41) is 2.94. The molecule has 0 spiro atoms. The van der Waals surface area contributed by atoms with Crippen molar-refractivity contribution in [1.29, 1.82) is 0 Å². The Labute approximate surface area is 237 Å². The molecular formula is C30H33FN6O4. The van der Waals surface area contributed by atoms with Crippen LogP contribution in [-0.2, 0) is 20.1 Å². The van der Waals surface area contributed by atoms with E-state index in [4.69, 9.17) is 19.2 Å². The molecular weight excluding hydrogens is 527 g/mol. The first-order chi connectivity index (χ1) is 19.8. The number of imidazole rings is 1. The second-order valence-electron chi connectivity index (χ2n) is 10.2. The van der Waals surface area contributed by atoms with Crippen molar-refractivity contribution in [3.8, 4) is 34.4 Å². The van der Waals surface area contributed by atoms with E-state index in [1.165, 1.54) is 12.1 Å². The van der Waals surface area contributed by atoms with Crippen LogP contribution in [0.2, 0.25) is 0 Å². The van der Waals surface area contributed by atoms with Crippen LogP contribution in [0.25, 0.3) is 22.6 Å². The predicted octanol–water partition coefficient (Wildman–Crippen LogP) is 4.37. The fourth-order valence-corrected chi connectivity index (χ4v) is 4.35. The number of hydrogen-bond donors (Lipinski definition) is 2. The number of ether oxygens (including phenoxy) is 3. The molecule has 4 aromatic rings. The molecule has 0 aliphatic carbocycles. The van der Waals surface area contributed by atoms with Gasteiger partial charge in [-0.15, -0.1) is 0 Å². The summed E-state index contributed by atoms with van der Waals surface area (Å²) in [5.41, 5.74) is 1.97. The predicted molar refractivity (Wildman–Crippen MR) is 150 cm³/mol. The third-order valence-electron chi connectivity index (χ3n) is 6.48. The zero-order chi connectivity index (χ0) is 28.8. The molecule has 5 rings (SSSR count). The van der Waals surface area contributed by atoms with Crippen molar-refractivity contribution in [3.63, 3.8) is 0 Å². The number of amides is 1. The summed E-state index contributed by atoms with van der Waals surface area (Å²) < 4.78 is 31.9. The number of H-pyrrole nitrogens is 1. The first-order valence-corrected chi connectivity index (χ1v) is 13.5. The fourth-order valence-electron chi connectivity index (χ4n) is 4.35. The number of para-hydroxylation sites is 1. The molecule has 2 aromatic heterocycles. The Morgan fingerprint density at radius 2 is 1.83 bits per heavy atom. The molecule has 2 N–H and O–H groups in total. The van der Waals surface area contributed by atoms with Gasteiger partial charge >= 0.3 is 11.8 Å². The minimum absolute atomic E-state index is 0.0928. The van der Waals surface area contributed by atoms with Crippen molar-refractivity contribution < 1.29 is 23.4 Å². The van der Waals surface area contributed by atoms with E-state index >= 15 is 0 Å². The molecule has 1 fully saturated rings. The summed E-state index contributed by atoms with van der Waals surface area (Å²) in [4.78, 5) is 32.6. The Kier molecular flexibility index (Phi) is 8.67. The number of halogens is 1. The number of carbonyl (C=O) groups is 1. The first-order valence-electron chi connectivity index (χ1n) is 13.5. The normalized spacial score (nSPS) is 18.8. The molecule has 0 bridgehead atoms. The summed E-state index contributed by atoms with van der Waals surface area (Å²) in [6, 6.07) is 16.9. The SMILES string of the molecule is CC1COC(C(=O)NCCCN(C)C)(c2nc(-c3ccc(F)cc3)c(-c3ccnc(Oc4ccccc4)n3)[nH]2)OC1. The maximum Gasteiger partial charge on any atom is 0.322 e. The van der Waals surface area contributed by atoms with Gasteiger partial charge in [-0.3, -0.25) is 4.79 Å². The molecule has 214 valence electrons. The van der Waals surface area contributed by atoms with E-state index in [0.29, 0.717) is 48.2 Å². The van der Waals surface area contributed by atoms with Crippen LogP contribution >= 0.6 is 0 Å². The zero-order valence-corrected chi connectivity index (χ0v) is 23.3. The quantitative estimate of drug-likeness (QED) is 0.275. The summed E-state index contributed by atoms with van der Waals surface area (Å²) in [6.07, 6.45) is 2.32. The van der Waals surface area contributed by atoms with Gasteiger partial charge in [-0.2, -0.15) is 4.98 Å². The summed E-state index contributed by atoms with van der Waals surface area (Å²) in [5.74, 6) is -1.80. The van der Waals surface area contributed by atoms with E-state index in [2.05, 4.69) is 20.3 Å². The minimum Gasteiger partial charge on any atom is -0.424 e. The lowest BCUT2D eigenvalue weighted by molar-refractivity contribution is -0.277. The van der Waals surface area contributed by atoms with E-state index in [1.807, 2.05) is 44.1 Å². The summed E-state index contributed by atoms with van der Waals surface area (Å²) >= 11 is 0. The van der Waals surface area contributed by atoms with Gasteiger partial charge in [0, 0.05) is 24.2 Å². The van der Waals surface area contributed by atoms with E-state index in [1.54, 1.807) is 36.5 Å². The lowest BCUT2D eigenvalue weighted by Crippen LogP contribution is -2.53. The molecule has 0 atom stereocenters. The van der Waals surface area contributed by atoms with Crippen LogP contribution in [0.4, 0.5) is 4.39 Å². The molecule has 1 aliphatic rings. The number of hydrogen-bond acceptors (Lipinski definition) is 8. The van der Waals surface area contributed by atoms with E-state index in [0.717, 1.165) is 13.0 Å². The fraction of sp³-hybridized carbons (Fsp3) is 0.333. The maximum atomic E-state index is 13.8. The van der Waals surface area contributed by atoms with Crippen molar-refractivity contribution in [2.75, 3.05) is 40.4 Å². The van der Waals surface area contributed by atoms with Crippen LogP contribution < -0.4 is 10.1 Å². The Bertz CT molecular complexity index is 1450. The van der Waals surface area contributed by atoms with Crippen LogP contribution in [0.5, 0.6) is 11.8 Å². The molecule has 0 radical (unpaired) electrons. The first kappa shape index (κ1) is 28.3. The third kappa shape index (κ3) is 6.59. The number of carbonyl (C=O) groups excluding carboxylic acids is 1. The topological polar surface area (TPSA) is 114 Å². The van der Waals surface area contributed by atoms with Gasteiger partial charge in [0.1, 0.15) is 11.6 Å². The second-order valence-corrected chi connectivity index (χ2v) is 10.2. The number of rotatable bonds is 10.